The Morgan fingerprint density at radius 3 is 2.46 bits per heavy atom. The third kappa shape index (κ3) is 4.06. The van der Waals surface area contributed by atoms with Gasteiger partial charge in [-0.25, -0.2) is 9.67 Å². The molecule has 144 valence electrons. The lowest BCUT2D eigenvalue weighted by molar-refractivity contribution is 0.410. The van der Waals surface area contributed by atoms with Crippen molar-refractivity contribution in [1.29, 1.82) is 0 Å². The average Bonchev–Trinajstić information content (AvgIpc) is 3.22. The number of methoxy groups -OCH3 is 2. The van der Waals surface area contributed by atoms with Crippen LogP contribution >= 0.6 is 0 Å². The van der Waals surface area contributed by atoms with Crippen LogP contribution in [0, 0.1) is 13.8 Å². The van der Waals surface area contributed by atoms with Crippen molar-refractivity contribution < 1.29 is 14.2 Å². The summed E-state index contributed by atoms with van der Waals surface area (Å²) in [7, 11) is 3.25. The van der Waals surface area contributed by atoms with Crippen molar-refractivity contribution in [1.82, 2.24) is 9.78 Å². The first-order valence-electron chi connectivity index (χ1n) is 8.77. The van der Waals surface area contributed by atoms with Crippen LogP contribution in [-0.4, -0.2) is 29.9 Å². The van der Waals surface area contributed by atoms with Crippen molar-refractivity contribution in [3.63, 3.8) is 0 Å². The molecule has 0 saturated carbocycles. The molecule has 2 aromatic carbocycles. The fraction of sp³-hybridized carbons (Fsp3) is 0.182. The van der Waals surface area contributed by atoms with E-state index in [2.05, 4.69) is 16.7 Å². The highest BCUT2D eigenvalue weighted by molar-refractivity contribution is 5.98. The van der Waals surface area contributed by atoms with E-state index in [9.17, 15) is 0 Å². The lowest BCUT2D eigenvalue weighted by Gasteiger charge is -2.15. The average molecular weight is 377 g/mol. The third-order valence-corrected chi connectivity index (χ3v) is 4.26. The topological polar surface area (TPSA) is 57.9 Å². The highest BCUT2D eigenvalue weighted by atomic mass is 16.5. The zero-order valence-electron chi connectivity index (χ0n) is 16.5. The Balaban J connectivity index is 2.04. The van der Waals surface area contributed by atoms with Crippen LogP contribution in [0.2, 0.25) is 0 Å². The summed E-state index contributed by atoms with van der Waals surface area (Å²) in [6.07, 6.45) is 5.02. The predicted octanol–water partition coefficient (Wildman–Crippen LogP) is 4.48. The number of benzene rings is 2. The van der Waals surface area contributed by atoms with Gasteiger partial charge >= 0.3 is 0 Å². The van der Waals surface area contributed by atoms with Gasteiger partial charge in [0.2, 0.25) is 5.90 Å². The fourth-order valence-corrected chi connectivity index (χ4v) is 2.92. The van der Waals surface area contributed by atoms with Gasteiger partial charge in [-0.3, -0.25) is 0 Å². The zero-order chi connectivity index (χ0) is 20.1. The number of aliphatic imine (C=N–C) groups is 1. The van der Waals surface area contributed by atoms with Gasteiger partial charge < -0.3 is 14.2 Å². The van der Waals surface area contributed by atoms with Gasteiger partial charge in [0.1, 0.15) is 17.2 Å². The molecule has 6 nitrogen and oxygen atoms in total. The highest BCUT2D eigenvalue weighted by Crippen LogP contribution is 2.28. The second-order valence-corrected chi connectivity index (χ2v) is 6.17. The van der Waals surface area contributed by atoms with Gasteiger partial charge in [-0.05, 0) is 37.1 Å². The van der Waals surface area contributed by atoms with Crippen LogP contribution in [-0.2, 0) is 0 Å². The largest absolute Gasteiger partial charge is 0.497 e. The molecule has 0 atom stereocenters. The number of aromatic nitrogens is 2. The van der Waals surface area contributed by atoms with Crippen molar-refractivity contribution in [3.8, 4) is 22.9 Å². The lowest BCUT2D eigenvalue weighted by atomic mass is 10.0. The van der Waals surface area contributed by atoms with Crippen molar-refractivity contribution in [2.45, 2.75) is 13.8 Å². The molecule has 0 unspecified atom stereocenters. The Hall–Kier alpha value is -3.54. The molecule has 0 spiro atoms. The van der Waals surface area contributed by atoms with E-state index < -0.39 is 0 Å². The van der Waals surface area contributed by atoms with Crippen LogP contribution in [0.1, 0.15) is 16.7 Å². The molecule has 0 aliphatic rings. The van der Waals surface area contributed by atoms with Crippen molar-refractivity contribution in [2.24, 2.45) is 4.99 Å². The van der Waals surface area contributed by atoms with Crippen molar-refractivity contribution >= 4 is 5.90 Å². The molecule has 3 aromatic rings. The Labute approximate surface area is 164 Å². The first kappa shape index (κ1) is 19.2. The summed E-state index contributed by atoms with van der Waals surface area (Å²) in [5.74, 6) is 2.41. The minimum Gasteiger partial charge on any atom is -0.497 e. The molecule has 0 aliphatic heterocycles. The van der Waals surface area contributed by atoms with E-state index in [1.165, 1.54) is 6.20 Å². The Morgan fingerprint density at radius 1 is 1.04 bits per heavy atom. The van der Waals surface area contributed by atoms with Crippen LogP contribution in [0.5, 0.6) is 17.2 Å². The summed E-state index contributed by atoms with van der Waals surface area (Å²) in [4.78, 5) is 4.34. The zero-order valence-corrected chi connectivity index (χ0v) is 16.5. The molecule has 1 aromatic heterocycles. The minimum atomic E-state index is 0.422. The second kappa shape index (κ2) is 8.43. The van der Waals surface area contributed by atoms with Crippen LogP contribution in [0.15, 0.2) is 66.6 Å². The summed E-state index contributed by atoms with van der Waals surface area (Å²) in [5.41, 5.74) is 3.71. The third-order valence-electron chi connectivity index (χ3n) is 4.26. The van der Waals surface area contributed by atoms with Gasteiger partial charge in [0.25, 0.3) is 0 Å². The van der Waals surface area contributed by atoms with E-state index >= 15 is 0 Å². The molecule has 0 bridgehead atoms. The number of aryl methyl sites for hydroxylation is 2. The Morgan fingerprint density at radius 2 is 1.82 bits per heavy atom. The summed E-state index contributed by atoms with van der Waals surface area (Å²) in [6.45, 7) is 7.72. The van der Waals surface area contributed by atoms with Gasteiger partial charge in [-0.15, -0.1) is 0 Å². The van der Waals surface area contributed by atoms with Gasteiger partial charge in [0, 0.05) is 42.4 Å². The Kier molecular flexibility index (Phi) is 5.79. The summed E-state index contributed by atoms with van der Waals surface area (Å²) < 4.78 is 18.8. The van der Waals surface area contributed by atoms with Gasteiger partial charge in [-0.1, -0.05) is 12.6 Å². The maximum Gasteiger partial charge on any atom is 0.226 e. The fourth-order valence-electron chi connectivity index (χ4n) is 2.92. The molecule has 3 rings (SSSR count). The maximum atomic E-state index is 6.14. The number of hydrogen-bond acceptors (Lipinski definition) is 5. The molecule has 0 saturated heterocycles. The predicted molar refractivity (Wildman–Crippen MR) is 110 cm³/mol. The second-order valence-electron chi connectivity index (χ2n) is 6.17. The quantitative estimate of drug-likeness (QED) is 0.470. The first-order chi connectivity index (χ1) is 13.5. The molecule has 6 heteroatoms. The standard InChI is InChI=1S/C22H23N3O3/c1-6-23-22(20-14-21(27-5)16(3)10-15(20)2)28-19-12-17(11-18(13-19)26-4)25-9-7-8-24-25/h6-14H,1H2,2-5H3. The smallest absolute Gasteiger partial charge is 0.226 e. The molecule has 0 radical (unpaired) electrons. The monoisotopic (exact) mass is 377 g/mol. The summed E-state index contributed by atoms with van der Waals surface area (Å²) >= 11 is 0. The van der Waals surface area contributed by atoms with E-state index in [4.69, 9.17) is 14.2 Å². The van der Waals surface area contributed by atoms with E-state index in [0.717, 1.165) is 28.1 Å². The van der Waals surface area contributed by atoms with E-state index in [1.807, 2.05) is 50.4 Å². The molecule has 1 heterocycles. The van der Waals surface area contributed by atoms with Crippen molar-refractivity contribution in [2.75, 3.05) is 14.2 Å². The Bertz CT molecular complexity index is 1010. The summed E-state index contributed by atoms with van der Waals surface area (Å²) in [6, 6.07) is 11.4. The molecule has 0 fully saturated rings. The van der Waals surface area contributed by atoms with Gasteiger partial charge in [0.15, 0.2) is 0 Å². The van der Waals surface area contributed by atoms with E-state index in [0.29, 0.717) is 17.4 Å². The summed E-state index contributed by atoms with van der Waals surface area (Å²) in [5, 5.41) is 4.27. The molecular formula is C22H23N3O3. The van der Waals surface area contributed by atoms with Crippen LogP contribution in [0.4, 0.5) is 0 Å². The van der Waals surface area contributed by atoms with E-state index in [1.54, 1.807) is 31.2 Å². The molecule has 0 amide bonds. The number of nitrogens with zero attached hydrogens (tertiary/aromatic N) is 3. The highest BCUT2D eigenvalue weighted by Gasteiger charge is 2.14. The molecule has 28 heavy (non-hydrogen) atoms. The molecule has 0 N–H and O–H groups in total. The lowest BCUT2D eigenvalue weighted by Crippen LogP contribution is -2.13. The number of ether oxygens (including phenoxy) is 3. The SMILES string of the molecule is C=CN=C(Oc1cc(OC)cc(-n2cccn2)c1)c1cc(OC)c(C)cc1C. The van der Waals surface area contributed by atoms with Crippen LogP contribution in [0.25, 0.3) is 5.69 Å². The van der Waals surface area contributed by atoms with Crippen LogP contribution in [0.3, 0.4) is 0 Å². The van der Waals surface area contributed by atoms with Crippen molar-refractivity contribution in [3.05, 3.63) is 78.3 Å². The molecular weight excluding hydrogens is 354 g/mol. The van der Waals surface area contributed by atoms with E-state index in [-0.39, 0.29) is 0 Å². The normalized spacial score (nSPS) is 11.2. The maximum absolute atomic E-state index is 6.14. The minimum absolute atomic E-state index is 0.422. The molecule has 0 aliphatic carbocycles. The van der Waals surface area contributed by atoms with Gasteiger partial charge in [-0.2, -0.15) is 5.10 Å². The number of rotatable bonds is 6. The van der Waals surface area contributed by atoms with Crippen LogP contribution < -0.4 is 14.2 Å². The first-order valence-corrected chi connectivity index (χ1v) is 8.77. The number of hydrogen-bond donors (Lipinski definition) is 0. The van der Waals surface area contributed by atoms with Gasteiger partial charge in [0.05, 0.1) is 19.9 Å².